The van der Waals surface area contributed by atoms with Crippen LogP contribution in [0.2, 0.25) is 0 Å². The van der Waals surface area contributed by atoms with Crippen LogP contribution in [0.1, 0.15) is 16.7 Å². The molecule has 0 fully saturated rings. The van der Waals surface area contributed by atoms with Gasteiger partial charge in [0.15, 0.2) is 17.2 Å². The summed E-state index contributed by atoms with van der Waals surface area (Å²) < 4.78 is 19.7. The van der Waals surface area contributed by atoms with E-state index < -0.39 is 5.97 Å². The topological polar surface area (TPSA) is 57.1 Å². The molecule has 0 saturated carbocycles. The Labute approximate surface area is 215 Å². The van der Waals surface area contributed by atoms with Crippen molar-refractivity contribution < 1.29 is 19.0 Å². The summed E-state index contributed by atoms with van der Waals surface area (Å²) in [6.45, 7) is 0.368. The number of halogens is 3. The molecule has 0 spiro atoms. The Kier molecular flexibility index (Phi) is 7.32. The highest BCUT2D eigenvalue weighted by Crippen LogP contribution is 2.38. The SMILES string of the molecule is COc1cc(/C=C2\N=C(c3ccc(I)cc3)OC2=O)cc(Br)c1OCc1ccccc1Br. The average Bonchev–Trinajstić information content (AvgIpc) is 3.14. The molecule has 3 aromatic rings. The van der Waals surface area contributed by atoms with Crippen LogP contribution in [0.5, 0.6) is 11.5 Å². The summed E-state index contributed by atoms with van der Waals surface area (Å²) >= 11 is 9.30. The molecule has 1 aliphatic rings. The summed E-state index contributed by atoms with van der Waals surface area (Å²) in [5, 5.41) is 0. The van der Waals surface area contributed by atoms with E-state index in [1.807, 2.05) is 54.6 Å². The number of ether oxygens (including phenoxy) is 3. The Hall–Kier alpha value is -2.17. The zero-order valence-corrected chi connectivity index (χ0v) is 22.1. The largest absolute Gasteiger partial charge is 0.493 e. The van der Waals surface area contributed by atoms with E-state index >= 15 is 0 Å². The monoisotopic (exact) mass is 667 g/mol. The number of aliphatic imine (C=N–C) groups is 1. The van der Waals surface area contributed by atoms with Gasteiger partial charge in [0.1, 0.15) is 6.61 Å². The van der Waals surface area contributed by atoms with Gasteiger partial charge in [-0.1, -0.05) is 34.1 Å². The number of hydrogen-bond acceptors (Lipinski definition) is 5. The lowest BCUT2D eigenvalue weighted by Crippen LogP contribution is -2.05. The molecule has 8 heteroatoms. The predicted octanol–water partition coefficient (Wildman–Crippen LogP) is 6.75. The van der Waals surface area contributed by atoms with Crippen LogP contribution in [0, 0.1) is 3.57 Å². The van der Waals surface area contributed by atoms with Crippen LogP contribution in [0.25, 0.3) is 6.08 Å². The van der Waals surface area contributed by atoms with Crippen LogP contribution >= 0.6 is 54.5 Å². The second-order valence-electron chi connectivity index (χ2n) is 6.76. The van der Waals surface area contributed by atoms with Crippen LogP contribution in [0.4, 0.5) is 0 Å². The number of esters is 1. The van der Waals surface area contributed by atoms with Gasteiger partial charge in [-0.25, -0.2) is 9.79 Å². The lowest BCUT2D eigenvalue weighted by Gasteiger charge is -2.14. The van der Waals surface area contributed by atoms with Crippen molar-refractivity contribution in [3.8, 4) is 11.5 Å². The van der Waals surface area contributed by atoms with Gasteiger partial charge in [-0.2, -0.15) is 0 Å². The molecule has 0 amide bonds. The molecular formula is C24H16Br2INO4. The second kappa shape index (κ2) is 10.2. The second-order valence-corrected chi connectivity index (χ2v) is 9.71. The van der Waals surface area contributed by atoms with Gasteiger partial charge in [-0.3, -0.25) is 0 Å². The summed E-state index contributed by atoms with van der Waals surface area (Å²) in [6, 6.07) is 19.1. The van der Waals surface area contributed by atoms with E-state index in [1.54, 1.807) is 19.3 Å². The van der Waals surface area contributed by atoms with E-state index in [2.05, 4.69) is 59.4 Å². The zero-order chi connectivity index (χ0) is 22.7. The third-order valence-electron chi connectivity index (χ3n) is 4.60. The number of benzene rings is 3. The van der Waals surface area contributed by atoms with Gasteiger partial charge >= 0.3 is 5.97 Å². The lowest BCUT2D eigenvalue weighted by molar-refractivity contribution is -0.129. The maximum Gasteiger partial charge on any atom is 0.363 e. The number of hydrogen-bond donors (Lipinski definition) is 0. The fourth-order valence-electron chi connectivity index (χ4n) is 3.01. The van der Waals surface area contributed by atoms with E-state index in [1.165, 1.54) is 0 Å². The van der Waals surface area contributed by atoms with Crippen LogP contribution < -0.4 is 9.47 Å². The molecule has 4 rings (SSSR count). The maximum absolute atomic E-state index is 12.3. The molecule has 3 aromatic carbocycles. The number of methoxy groups -OCH3 is 1. The van der Waals surface area contributed by atoms with Crippen molar-refractivity contribution in [1.82, 2.24) is 0 Å². The van der Waals surface area contributed by atoms with E-state index in [9.17, 15) is 4.79 Å². The minimum Gasteiger partial charge on any atom is -0.493 e. The van der Waals surface area contributed by atoms with Crippen molar-refractivity contribution in [1.29, 1.82) is 0 Å². The smallest absolute Gasteiger partial charge is 0.363 e. The third kappa shape index (κ3) is 5.24. The molecule has 162 valence electrons. The summed E-state index contributed by atoms with van der Waals surface area (Å²) in [5.74, 6) is 0.897. The number of nitrogens with zero attached hydrogens (tertiary/aromatic N) is 1. The van der Waals surface area contributed by atoms with Crippen LogP contribution in [0.3, 0.4) is 0 Å². The molecule has 1 heterocycles. The third-order valence-corrected chi connectivity index (χ3v) is 6.68. The fraction of sp³-hybridized carbons (Fsp3) is 0.0833. The number of cyclic esters (lactones) is 1. The van der Waals surface area contributed by atoms with Crippen molar-refractivity contribution in [2.24, 2.45) is 4.99 Å². The summed E-state index contributed by atoms with van der Waals surface area (Å²) in [5.41, 5.74) is 2.70. The molecule has 0 aliphatic carbocycles. The number of carbonyl (C=O) groups is 1. The van der Waals surface area contributed by atoms with Gasteiger partial charge in [-0.15, -0.1) is 0 Å². The van der Waals surface area contributed by atoms with Gasteiger partial charge in [-0.05, 0) is 92.6 Å². The first kappa shape index (κ1) is 23.0. The first-order chi connectivity index (χ1) is 15.4. The van der Waals surface area contributed by atoms with Crippen LogP contribution in [-0.2, 0) is 16.1 Å². The Balaban J connectivity index is 1.59. The van der Waals surface area contributed by atoms with Crippen molar-refractivity contribution in [3.63, 3.8) is 0 Å². The normalized spacial score (nSPS) is 14.3. The number of carbonyl (C=O) groups excluding carboxylic acids is 1. The van der Waals surface area contributed by atoms with Gasteiger partial charge in [0.25, 0.3) is 0 Å². The number of rotatable bonds is 6. The molecule has 0 radical (unpaired) electrons. The molecule has 0 unspecified atom stereocenters. The molecule has 0 N–H and O–H groups in total. The van der Waals surface area contributed by atoms with Crippen LogP contribution in [0.15, 0.2) is 80.3 Å². The molecule has 0 bridgehead atoms. The molecular weight excluding hydrogens is 653 g/mol. The van der Waals surface area contributed by atoms with E-state index in [-0.39, 0.29) is 11.6 Å². The molecule has 1 aliphatic heterocycles. The lowest BCUT2D eigenvalue weighted by atomic mass is 10.1. The van der Waals surface area contributed by atoms with Gasteiger partial charge in [0.05, 0.1) is 11.6 Å². The molecule has 0 aromatic heterocycles. The first-order valence-corrected chi connectivity index (χ1v) is 12.1. The molecule has 5 nitrogen and oxygen atoms in total. The summed E-state index contributed by atoms with van der Waals surface area (Å²) in [7, 11) is 1.57. The quantitative estimate of drug-likeness (QED) is 0.166. The average molecular weight is 669 g/mol. The van der Waals surface area contributed by atoms with Crippen LogP contribution in [-0.4, -0.2) is 19.0 Å². The van der Waals surface area contributed by atoms with E-state index in [4.69, 9.17) is 14.2 Å². The van der Waals surface area contributed by atoms with E-state index in [0.717, 1.165) is 24.7 Å². The Morgan fingerprint density at radius 1 is 1.06 bits per heavy atom. The first-order valence-electron chi connectivity index (χ1n) is 9.47. The van der Waals surface area contributed by atoms with Crippen molar-refractivity contribution >= 4 is 72.4 Å². The highest BCUT2D eigenvalue weighted by molar-refractivity contribution is 14.1. The van der Waals surface area contributed by atoms with Gasteiger partial charge < -0.3 is 14.2 Å². The van der Waals surface area contributed by atoms with Crippen molar-refractivity contribution in [2.75, 3.05) is 7.11 Å². The molecule has 32 heavy (non-hydrogen) atoms. The Morgan fingerprint density at radius 2 is 1.81 bits per heavy atom. The highest BCUT2D eigenvalue weighted by Gasteiger charge is 2.24. The standard InChI is InChI=1S/C24H16Br2INO4/c1-30-21-12-14(10-19(26)22(21)31-13-16-4-2-3-5-18(16)25)11-20-24(29)32-23(28-20)15-6-8-17(27)9-7-15/h2-12H,13H2,1H3/b20-11-. The highest BCUT2D eigenvalue weighted by atomic mass is 127. The van der Waals surface area contributed by atoms with Gasteiger partial charge in [0, 0.05) is 19.2 Å². The van der Waals surface area contributed by atoms with Crippen molar-refractivity contribution in [2.45, 2.75) is 6.61 Å². The minimum atomic E-state index is -0.497. The Morgan fingerprint density at radius 3 is 2.53 bits per heavy atom. The minimum absolute atomic E-state index is 0.217. The Bertz CT molecular complexity index is 1240. The maximum atomic E-state index is 12.3. The molecule has 0 atom stereocenters. The van der Waals surface area contributed by atoms with Crippen molar-refractivity contribution in [3.05, 3.63) is 95.6 Å². The zero-order valence-electron chi connectivity index (χ0n) is 16.8. The predicted molar refractivity (Wildman–Crippen MR) is 139 cm³/mol. The van der Waals surface area contributed by atoms with E-state index in [0.29, 0.717) is 22.6 Å². The molecule has 0 saturated heterocycles. The fourth-order valence-corrected chi connectivity index (χ4v) is 4.34. The van der Waals surface area contributed by atoms with Gasteiger partial charge in [0.2, 0.25) is 5.90 Å². The summed E-state index contributed by atoms with van der Waals surface area (Å²) in [6.07, 6.45) is 1.66. The summed E-state index contributed by atoms with van der Waals surface area (Å²) in [4.78, 5) is 16.7.